The monoisotopic (exact) mass is 298 g/mol. The van der Waals surface area contributed by atoms with Gasteiger partial charge < -0.3 is 10.2 Å². The van der Waals surface area contributed by atoms with Gasteiger partial charge in [-0.05, 0) is 43.0 Å². The molecule has 0 heterocycles. The number of nitrogens with one attached hydrogen (secondary N) is 1. The van der Waals surface area contributed by atoms with E-state index < -0.39 is 0 Å². The number of rotatable bonds is 5. The quantitative estimate of drug-likeness (QED) is 0.671. The van der Waals surface area contributed by atoms with Crippen LogP contribution in [-0.2, 0) is 16.1 Å². The summed E-state index contributed by atoms with van der Waals surface area (Å²) in [6.07, 6.45) is 8.20. The largest absolute Gasteiger partial charge is 0.348 e. The third-order valence-electron chi connectivity index (χ3n) is 3.92. The molecule has 2 amide bonds. The smallest absolute Gasteiger partial charge is 0.243 e. The Balaban J connectivity index is 1.96. The molecule has 2 rings (SSSR count). The number of carbonyl (C=O) groups is 2. The Morgan fingerprint density at radius 2 is 2.05 bits per heavy atom. The van der Waals surface area contributed by atoms with Gasteiger partial charge in [0.25, 0.3) is 0 Å². The molecular weight excluding hydrogens is 276 g/mol. The fourth-order valence-electron chi connectivity index (χ4n) is 2.52. The highest BCUT2D eigenvalue weighted by Gasteiger charge is 2.22. The second-order valence-corrected chi connectivity index (χ2v) is 5.47. The zero-order valence-electron chi connectivity index (χ0n) is 12.9. The molecular formula is C18H22N2O2. The maximum atomic E-state index is 12.5. The fourth-order valence-corrected chi connectivity index (χ4v) is 2.52. The van der Waals surface area contributed by atoms with Crippen molar-refractivity contribution in [3.05, 3.63) is 54.6 Å². The van der Waals surface area contributed by atoms with E-state index in [4.69, 9.17) is 0 Å². The van der Waals surface area contributed by atoms with Crippen molar-refractivity contribution in [2.45, 2.75) is 25.8 Å². The number of hydrogen-bond acceptors (Lipinski definition) is 2. The summed E-state index contributed by atoms with van der Waals surface area (Å²) >= 11 is 0. The van der Waals surface area contributed by atoms with Crippen LogP contribution in [0.15, 0.2) is 49.1 Å². The Morgan fingerprint density at radius 3 is 2.64 bits per heavy atom. The third-order valence-corrected chi connectivity index (χ3v) is 3.92. The highest BCUT2D eigenvalue weighted by Crippen LogP contribution is 2.23. The summed E-state index contributed by atoms with van der Waals surface area (Å²) in [5.41, 5.74) is 1.86. The average molecular weight is 298 g/mol. The lowest BCUT2D eigenvalue weighted by atomic mass is 9.93. The predicted octanol–water partition coefficient (Wildman–Crippen LogP) is 2.81. The lowest BCUT2D eigenvalue weighted by Crippen LogP contribution is -2.33. The third kappa shape index (κ3) is 4.07. The molecule has 116 valence electrons. The van der Waals surface area contributed by atoms with Crippen LogP contribution in [0.25, 0.3) is 0 Å². The molecule has 22 heavy (non-hydrogen) atoms. The summed E-state index contributed by atoms with van der Waals surface area (Å²) in [5, 5.41) is 2.73. The standard InChI is InChI=1S/C18H22N2O2/c1-3-17(21)19-13-14-9-11-16(12-10-14)20(2)18(22)15-7-5-4-6-8-15/h3-5,9-12,15H,1,6-8,13H2,2H3,(H,19,21)/t15-/m0/s1. The lowest BCUT2D eigenvalue weighted by Gasteiger charge is -2.24. The number of benzene rings is 1. The van der Waals surface area contributed by atoms with Gasteiger partial charge in [-0.3, -0.25) is 9.59 Å². The summed E-state index contributed by atoms with van der Waals surface area (Å²) in [5.74, 6) is 0.0559. The second kappa shape index (κ2) is 7.59. The van der Waals surface area contributed by atoms with E-state index in [9.17, 15) is 9.59 Å². The van der Waals surface area contributed by atoms with Crippen LogP contribution >= 0.6 is 0 Å². The SMILES string of the molecule is C=CC(=O)NCc1ccc(N(C)C(=O)[C@H]2CC=CCC2)cc1. The van der Waals surface area contributed by atoms with Crippen LogP contribution in [0.3, 0.4) is 0 Å². The Labute approximate surface area is 131 Å². The topological polar surface area (TPSA) is 49.4 Å². The Hall–Kier alpha value is -2.36. The van der Waals surface area contributed by atoms with Gasteiger partial charge in [0.05, 0.1) is 0 Å². The summed E-state index contributed by atoms with van der Waals surface area (Å²) in [6.45, 7) is 3.87. The molecule has 4 nitrogen and oxygen atoms in total. The van der Waals surface area contributed by atoms with Crippen molar-refractivity contribution in [2.24, 2.45) is 5.92 Å². The molecule has 1 N–H and O–H groups in total. The minimum Gasteiger partial charge on any atom is -0.348 e. The zero-order valence-corrected chi connectivity index (χ0v) is 12.9. The van der Waals surface area contributed by atoms with Crippen molar-refractivity contribution in [2.75, 3.05) is 11.9 Å². The van der Waals surface area contributed by atoms with Crippen LogP contribution in [0, 0.1) is 5.92 Å². The first-order chi connectivity index (χ1) is 10.6. The average Bonchev–Trinajstić information content (AvgIpc) is 2.59. The van der Waals surface area contributed by atoms with Gasteiger partial charge in [0.2, 0.25) is 11.8 Å². The van der Waals surface area contributed by atoms with E-state index >= 15 is 0 Å². The predicted molar refractivity (Wildman–Crippen MR) is 88.4 cm³/mol. The maximum absolute atomic E-state index is 12.5. The Kier molecular flexibility index (Phi) is 5.53. The van der Waals surface area contributed by atoms with E-state index in [1.807, 2.05) is 31.3 Å². The van der Waals surface area contributed by atoms with E-state index in [0.717, 1.165) is 30.5 Å². The molecule has 4 heteroatoms. The summed E-state index contributed by atoms with van der Waals surface area (Å²) in [4.78, 5) is 25.3. The van der Waals surface area contributed by atoms with Gasteiger partial charge in [0.15, 0.2) is 0 Å². The van der Waals surface area contributed by atoms with E-state index in [0.29, 0.717) is 6.54 Å². The maximum Gasteiger partial charge on any atom is 0.243 e. The molecule has 1 atom stereocenters. The molecule has 0 aromatic heterocycles. The first kappa shape index (κ1) is 16.0. The first-order valence-electron chi connectivity index (χ1n) is 7.53. The molecule has 0 aliphatic heterocycles. The van der Waals surface area contributed by atoms with Gasteiger partial charge >= 0.3 is 0 Å². The summed E-state index contributed by atoms with van der Waals surface area (Å²) < 4.78 is 0. The van der Waals surface area contributed by atoms with E-state index in [1.165, 1.54) is 6.08 Å². The highest BCUT2D eigenvalue weighted by atomic mass is 16.2. The van der Waals surface area contributed by atoms with Crippen LogP contribution in [0.2, 0.25) is 0 Å². The Morgan fingerprint density at radius 1 is 1.32 bits per heavy atom. The minimum absolute atomic E-state index is 0.0848. The second-order valence-electron chi connectivity index (χ2n) is 5.47. The summed E-state index contributed by atoms with van der Waals surface area (Å²) in [7, 11) is 1.81. The first-order valence-corrected chi connectivity index (χ1v) is 7.53. The van der Waals surface area contributed by atoms with Crippen LogP contribution in [-0.4, -0.2) is 18.9 Å². The van der Waals surface area contributed by atoms with Gasteiger partial charge in [0.1, 0.15) is 0 Å². The van der Waals surface area contributed by atoms with Crippen LogP contribution < -0.4 is 10.2 Å². The van der Waals surface area contributed by atoms with Gasteiger partial charge in [-0.15, -0.1) is 0 Å². The normalized spacial score (nSPS) is 16.9. The molecule has 1 aliphatic rings. The van der Waals surface area contributed by atoms with Gasteiger partial charge in [-0.1, -0.05) is 30.9 Å². The van der Waals surface area contributed by atoms with Crippen LogP contribution in [0.1, 0.15) is 24.8 Å². The van der Waals surface area contributed by atoms with E-state index in [-0.39, 0.29) is 17.7 Å². The number of anilines is 1. The molecule has 0 unspecified atom stereocenters. The summed E-state index contributed by atoms with van der Waals surface area (Å²) in [6, 6.07) is 7.66. The lowest BCUT2D eigenvalue weighted by molar-refractivity contribution is -0.122. The van der Waals surface area contributed by atoms with Gasteiger partial charge in [0, 0.05) is 25.2 Å². The molecule has 0 bridgehead atoms. The molecule has 1 aliphatic carbocycles. The highest BCUT2D eigenvalue weighted by molar-refractivity contribution is 5.94. The van der Waals surface area contributed by atoms with Crippen LogP contribution in [0.5, 0.6) is 0 Å². The van der Waals surface area contributed by atoms with E-state index in [2.05, 4.69) is 24.0 Å². The molecule has 0 fully saturated rings. The number of allylic oxidation sites excluding steroid dienone is 2. The molecule has 0 radical (unpaired) electrons. The number of nitrogens with zero attached hydrogens (tertiary/aromatic N) is 1. The van der Waals surface area contributed by atoms with Crippen molar-refractivity contribution < 1.29 is 9.59 Å². The van der Waals surface area contributed by atoms with E-state index in [1.54, 1.807) is 4.90 Å². The van der Waals surface area contributed by atoms with Crippen molar-refractivity contribution in [3.63, 3.8) is 0 Å². The number of hydrogen-bond donors (Lipinski definition) is 1. The van der Waals surface area contributed by atoms with Crippen LogP contribution in [0.4, 0.5) is 5.69 Å². The van der Waals surface area contributed by atoms with Crippen molar-refractivity contribution in [1.82, 2.24) is 5.32 Å². The van der Waals surface area contributed by atoms with Crippen molar-refractivity contribution in [3.8, 4) is 0 Å². The van der Waals surface area contributed by atoms with Gasteiger partial charge in [-0.2, -0.15) is 0 Å². The molecule has 0 saturated heterocycles. The van der Waals surface area contributed by atoms with Gasteiger partial charge in [-0.25, -0.2) is 0 Å². The number of amides is 2. The Bertz CT molecular complexity index is 575. The molecule has 0 saturated carbocycles. The van der Waals surface area contributed by atoms with Crippen molar-refractivity contribution >= 4 is 17.5 Å². The minimum atomic E-state index is -0.193. The molecule has 1 aromatic rings. The fraction of sp³-hybridized carbons (Fsp3) is 0.333. The van der Waals surface area contributed by atoms with Crippen molar-refractivity contribution in [1.29, 1.82) is 0 Å². The molecule has 1 aromatic carbocycles. The number of carbonyl (C=O) groups excluding carboxylic acids is 2. The molecule has 0 spiro atoms. The zero-order chi connectivity index (χ0) is 15.9.